The molecule has 0 aliphatic carbocycles. The Morgan fingerprint density at radius 3 is 2.59 bits per heavy atom. The molecule has 2 rings (SSSR count). The molecule has 1 N–H and O–H groups in total. The van der Waals surface area contributed by atoms with Crippen molar-refractivity contribution in [3.8, 4) is 5.75 Å². The van der Waals surface area contributed by atoms with Crippen LogP contribution in [0.3, 0.4) is 0 Å². The molecule has 0 aromatic heterocycles. The highest BCUT2D eigenvalue weighted by atomic mass is 16.5. The van der Waals surface area contributed by atoms with E-state index in [1.807, 2.05) is 30.3 Å². The van der Waals surface area contributed by atoms with Gasteiger partial charge >= 0.3 is 0 Å². The molecule has 1 saturated heterocycles. The minimum Gasteiger partial charge on any atom is -0.492 e. The molecule has 4 heteroatoms. The van der Waals surface area contributed by atoms with Crippen LogP contribution in [0.25, 0.3) is 0 Å². The SMILES string of the molecule is OCC(COc1ccccc1)N1CCOCC1. The van der Waals surface area contributed by atoms with Gasteiger partial charge in [0, 0.05) is 13.1 Å². The minimum atomic E-state index is 0.0547. The Balaban J connectivity index is 1.82. The maximum atomic E-state index is 9.39. The fourth-order valence-corrected chi connectivity index (χ4v) is 1.93. The van der Waals surface area contributed by atoms with Crippen LogP contribution < -0.4 is 4.74 Å². The summed E-state index contributed by atoms with van der Waals surface area (Å²) in [5.74, 6) is 0.846. The van der Waals surface area contributed by atoms with Crippen molar-refractivity contribution in [3.63, 3.8) is 0 Å². The van der Waals surface area contributed by atoms with Gasteiger partial charge < -0.3 is 14.6 Å². The summed E-state index contributed by atoms with van der Waals surface area (Å²) in [5, 5.41) is 9.39. The van der Waals surface area contributed by atoms with Crippen LogP contribution in [0.4, 0.5) is 0 Å². The summed E-state index contributed by atoms with van der Waals surface area (Å²) in [6.45, 7) is 3.84. The van der Waals surface area contributed by atoms with Crippen molar-refractivity contribution in [2.24, 2.45) is 0 Å². The molecule has 1 aliphatic heterocycles. The average Bonchev–Trinajstić information content (AvgIpc) is 2.42. The van der Waals surface area contributed by atoms with Gasteiger partial charge in [-0.05, 0) is 12.1 Å². The fourth-order valence-electron chi connectivity index (χ4n) is 1.93. The summed E-state index contributed by atoms with van der Waals surface area (Å²) >= 11 is 0. The van der Waals surface area contributed by atoms with E-state index < -0.39 is 0 Å². The van der Waals surface area contributed by atoms with E-state index in [0.29, 0.717) is 6.61 Å². The van der Waals surface area contributed by atoms with Crippen molar-refractivity contribution < 1.29 is 14.6 Å². The van der Waals surface area contributed by atoms with Gasteiger partial charge in [0.2, 0.25) is 0 Å². The molecular weight excluding hydrogens is 218 g/mol. The number of morpholine rings is 1. The van der Waals surface area contributed by atoms with E-state index in [-0.39, 0.29) is 12.6 Å². The molecule has 1 heterocycles. The lowest BCUT2D eigenvalue weighted by atomic mass is 10.2. The van der Waals surface area contributed by atoms with E-state index in [1.54, 1.807) is 0 Å². The van der Waals surface area contributed by atoms with E-state index in [2.05, 4.69) is 4.90 Å². The molecule has 0 saturated carbocycles. The second-order valence-electron chi connectivity index (χ2n) is 4.11. The zero-order chi connectivity index (χ0) is 11.9. The first-order valence-electron chi connectivity index (χ1n) is 6.00. The molecule has 0 radical (unpaired) electrons. The molecule has 0 bridgehead atoms. The number of ether oxygens (including phenoxy) is 2. The minimum absolute atomic E-state index is 0.0547. The highest BCUT2D eigenvalue weighted by molar-refractivity contribution is 5.20. The number of rotatable bonds is 5. The molecule has 17 heavy (non-hydrogen) atoms. The van der Waals surface area contributed by atoms with Gasteiger partial charge in [0.25, 0.3) is 0 Å². The monoisotopic (exact) mass is 237 g/mol. The van der Waals surface area contributed by atoms with E-state index >= 15 is 0 Å². The van der Waals surface area contributed by atoms with Crippen LogP contribution >= 0.6 is 0 Å². The molecule has 4 nitrogen and oxygen atoms in total. The molecule has 1 fully saturated rings. The van der Waals surface area contributed by atoms with Crippen LogP contribution in [0.15, 0.2) is 30.3 Å². The standard InChI is InChI=1S/C13H19NO3/c15-10-12(14-6-8-16-9-7-14)11-17-13-4-2-1-3-5-13/h1-5,12,15H,6-11H2. The third-order valence-corrected chi connectivity index (χ3v) is 2.96. The second-order valence-corrected chi connectivity index (χ2v) is 4.11. The lowest BCUT2D eigenvalue weighted by Gasteiger charge is -2.33. The van der Waals surface area contributed by atoms with Crippen LogP contribution in [0.2, 0.25) is 0 Å². The summed E-state index contributed by atoms with van der Waals surface area (Å²) < 4.78 is 11.0. The number of nitrogens with zero attached hydrogens (tertiary/aromatic N) is 1. The Morgan fingerprint density at radius 2 is 1.94 bits per heavy atom. The molecule has 1 aromatic carbocycles. The Hall–Kier alpha value is -1.10. The quantitative estimate of drug-likeness (QED) is 0.821. The molecule has 1 aromatic rings. The first-order valence-corrected chi connectivity index (χ1v) is 6.00. The third kappa shape index (κ3) is 3.70. The molecule has 0 spiro atoms. The van der Waals surface area contributed by atoms with Gasteiger partial charge in [0.15, 0.2) is 0 Å². The van der Waals surface area contributed by atoms with Crippen LogP contribution in [-0.4, -0.2) is 55.6 Å². The maximum Gasteiger partial charge on any atom is 0.119 e. The maximum absolute atomic E-state index is 9.39. The summed E-state index contributed by atoms with van der Waals surface area (Å²) in [7, 11) is 0. The Bertz CT molecular complexity index is 312. The van der Waals surface area contributed by atoms with E-state index in [1.165, 1.54) is 0 Å². The third-order valence-electron chi connectivity index (χ3n) is 2.96. The highest BCUT2D eigenvalue weighted by Gasteiger charge is 2.20. The van der Waals surface area contributed by atoms with Crippen LogP contribution in [0, 0.1) is 0 Å². The Morgan fingerprint density at radius 1 is 1.24 bits per heavy atom. The fraction of sp³-hybridized carbons (Fsp3) is 0.538. The van der Waals surface area contributed by atoms with Gasteiger partial charge in [-0.15, -0.1) is 0 Å². The van der Waals surface area contributed by atoms with E-state index in [0.717, 1.165) is 32.1 Å². The van der Waals surface area contributed by atoms with Crippen molar-refractivity contribution >= 4 is 0 Å². The van der Waals surface area contributed by atoms with Gasteiger partial charge in [-0.25, -0.2) is 0 Å². The largest absolute Gasteiger partial charge is 0.492 e. The van der Waals surface area contributed by atoms with Gasteiger partial charge in [0.1, 0.15) is 12.4 Å². The van der Waals surface area contributed by atoms with Crippen LogP contribution in [0.1, 0.15) is 0 Å². The zero-order valence-electron chi connectivity index (χ0n) is 9.92. The van der Waals surface area contributed by atoms with Gasteiger partial charge in [-0.1, -0.05) is 18.2 Å². The van der Waals surface area contributed by atoms with E-state index in [4.69, 9.17) is 9.47 Å². The van der Waals surface area contributed by atoms with Crippen molar-refractivity contribution in [1.29, 1.82) is 0 Å². The number of hydrogen-bond acceptors (Lipinski definition) is 4. The van der Waals surface area contributed by atoms with Crippen molar-refractivity contribution in [2.75, 3.05) is 39.5 Å². The number of aliphatic hydroxyl groups is 1. The molecular formula is C13H19NO3. The molecule has 1 atom stereocenters. The Labute approximate surface area is 102 Å². The second kappa shape index (κ2) is 6.59. The predicted molar refractivity (Wildman–Crippen MR) is 65.2 cm³/mol. The van der Waals surface area contributed by atoms with Crippen molar-refractivity contribution in [1.82, 2.24) is 4.90 Å². The number of benzene rings is 1. The summed E-state index contributed by atoms with van der Waals surface area (Å²) in [6.07, 6.45) is 0. The highest BCUT2D eigenvalue weighted by Crippen LogP contribution is 2.11. The number of para-hydroxylation sites is 1. The lowest BCUT2D eigenvalue weighted by Crippen LogP contribution is -2.48. The van der Waals surface area contributed by atoms with Gasteiger partial charge in [-0.3, -0.25) is 4.90 Å². The summed E-state index contributed by atoms with van der Waals surface area (Å²) in [4.78, 5) is 2.21. The normalized spacial score (nSPS) is 18.9. The molecule has 94 valence electrons. The lowest BCUT2D eigenvalue weighted by molar-refractivity contribution is -0.00868. The Kier molecular flexibility index (Phi) is 4.79. The van der Waals surface area contributed by atoms with Gasteiger partial charge in [0.05, 0.1) is 25.9 Å². The number of hydrogen-bond donors (Lipinski definition) is 1. The zero-order valence-corrected chi connectivity index (χ0v) is 9.92. The summed E-state index contributed by atoms with van der Waals surface area (Å²) in [5.41, 5.74) is 0. The number of aliphatic hydroxyl groups excluding tert-OH is 1. The molecule has 1 unspecified atom stereocenters. The van der Waals surface area contributed by atoms with Crippen LogP contribution in [-0.2, 0) is 4.74 Å². The smallest absolute Gasteiger partial charge is 0.119 e. The first-order chi connectivity index (χ1) is 8.40. The van der Waals surface area contributed by atoms with Crippen LogP contribution in [0.5, 0.6) is 5.75 Å². The van der Waals surface area contributed by atoms with Crippen molar-refractivity contribution in [3.05, 3.63) is 30.3 Å². The first kappa shape index (κ1) is 12.4. The van der Waals surface area contributed by atoms with Gasteiger partial charge in [-0.2, -0.15) is 0 Å². The summed E-state index contributed by atoms with van der Waals surface area (Å²) in [6, 6.07) is 9.75. The molecule has 1 aliphatic rings. The topological polar surface area (TPSA) is 41.9 Å². The van der Waals surface area contributed by atoms with Crippen molar-refractivity contribution in [2.45, 2.75) is 6.04 Å². The average molecular weight is 237 g/mol. The predicted octanol–water partition coefficient (Wildman–Crippen LogP) is 0.758. The molecule has 0 amide bonds. The van der Waals surface area contributed by atoms with E-state index in [9.17, 15) is 5.11 Å².